The highest BCUT2D eigenvalue weighted by Crippen LogP contribution is 2.23. The smallest absolute Gasteiger partial charge is 0.339 e. The molecule has 0 aliphatic carbocycles. The molecule has 3 aromatic rings. The van der Waals surface area contributed by atoms with Gasteiger partial charge >= 0.3 is 5.97 Å². The van der Waals surface area contributed by atoms with Gasteiger partial charge in [0.1, 0.15) is 0 Å². The van der Waals surface area contributed by atoms with Crippen molar-refractivity contribution in [3.8, 4) is 10.7 Å². The molecule has 0 saturated carbocycles. The largest absolute Gasteiger partial charge is 0.448 e. The number of carbonyl (C=O) groups excluding carboxylic acids is 2. The van der Waals surface area contributed by atoms with Crippen LogP contribution in [0.2, 0.25) is 0 Å². The highest BCUT2D eigenvalue weighted by atomic mass is 32.1. The third-order valence-electron chi connectivity index (χ3n) is 5.42. The Balaban J connectivity index is 1.16. The molecular formula is C21H20N4O4S. The van der Waals surface area contributed by atoms with Gasteiger partial charge in [-0.3, -0.25) is 9.69 Å². The van der Waals surface area contributed by atoms with E-state index in [-0.39, 0.29) is 5.91 Å². The van der Waals surface area contributed by atoms with Gasteiger partial charge in [-0.1, -0.05) is 29.4 Å². The highest BCUT2D eigenvalue weighted by molar-refractivity contribution is 7.13. The van der Waals surface area contributed by atoms with Crippen molar-refractivity contribution in [1.29, 1.82) is 0 Å². The monoisotopic (exact) mass is 424 g/mol. The molecule has 5 rings (SSSR count). The average Bonchev–Trinajstić information content (AvgIpc) is 3.46. The van der Waals surface area contributed by atoms with E-state index in [1.165, 1.54) is 0 Å². The van der Waals surface area contributed by atoms with E-state index in [1.807, 2.05) is 29.6 Å². The number of piperazine rings is 1. The topological polar surface area (TPSA) is 88.8 Å². The summed E-state index contributed by atoms with van der Waals surface area (Å²) in [7, 11) is 0. The average molecular weight is 424 g/mol. The van der Waals surface area contributed by atoms with Crippen LogP contribution in [0.15, 0.2) is 46.3 Å². The molecule has 1 fully saturated rings. The number of benzene rings is 1. The molecule has 1 aromatic carbocycles. The summed E-state index contributed by atoms with van der Waals surface area (Å²) in [4.78, 5) is 34.5. The summed E-state index contributed by atoms with van der Waals surface area (Å²) in [5.41, 5.74) is 1.41. The van der Waals surface area contributed by atoms with Crippen molar-refractivity contribution in [3.63, 3.8) is 0 Å². The maximum absolute atomic E-state index is 12.9. The molecule has 0 bridgehead atoms. The van der Waals surface area contributed by atoms with Crippen molar-refractivity contribution in [2.75, 3.05) is 26.2 Å². The highest BCUT2D eigenvalue weighted by Gasteiger charge is 2.35. The quantitative estimate of drug-likeness (QED) is 0.594. The number of rotatable bonds is 4. The Bertz CT molecular complexity index is 1060. The maximum atomic E-state index is 12.9. The first-order valence-corrected chi connectivity index (χ1v) is 10.7. The van der Waals surface area contributed by atoms with E-state index >= 15 is 0 Å². The first-order chi connectivity index (χ1) is 14.7. The number of carbonyl (C=O) groups is 2. The fraction of sp³-hybridized carbons (Fsp3) is 0.333. The molecule has 0 spiro atoms. The van der Waals surface area contributed by atoms with Gasteiger partial charge in [0.25, 0.3) is 5.91 Å². The number of esters is 1. The fourth-order valence-electron chi connectivity index (χ4n) is 3.82. The number of cyclic esters (lactones) is 1. The van der Waals surface area contributed by atoms with Crippen LogP contribution in [-0.4, -0.2) is 64.1 Å². The van der Waals surface area contributed by atoms with E-state index in [1.54, 1.807) is 28.4 Å². The molecule has 1 amide bonds. The zero-order valence-electron chi connectivity index (χ0n) is 16.2. The second-order valence-corrected chi connectivity index (χ2v) is 8.29. The number of thiophene rings is 1. The SMILES string of the molecule is O=C1O[C@@H](C(=O)N2CCN(Cc3nc(-c4cccs4)no3)CC2)Cc2ccccc21. The normalized spacial score (nSPS) is 19.4. The summed E-state index contributed by atoms with van der Waals surface area (Å²) < 4.78 is 10.8. The van der Waals surface area contributed by atoms with E-state index < -0.39 is 12.1 Å². The molecule has 30 heavy (non-hydrogen) atoms. The first-order valence-electron chi connectivity index (χ1n) is 9.84. The van der Waals surface area contributed by atoms with Gasteiger partial charge in [-0.15, -0.1) is 11.3 Å². The summed E-state index contributed by atoms with van der Waals surface area (Å²) in [5, 5.41) is 6.01. The maximum Gasteiger partial charge on any atom is 0.339 e. The fourth-order valence-corrected chi connectivity index (χ4v) is 4.46. The van der Waals surface area contributed by atoms with Crippen LogP contribution < -0.4 is 0 Å². The lowest BCUT2D eigenvalue weighted by molar-refractivity contribution is -0.143. The summed E-state index contributed by atoms with van der Waals surface area (Å²) in [6.45, 7) is 3.08. The molecule has 2 aliphatic heterocycles. The zero-order chi connectivity index (χ0) is 20.5. The van der Waals surface area contributed by atoms with Crippen molar-refractivity contribution in [2.45, 2.75) is 19.1 Å². The molecule has 154 valence electrons. The molecular weight excluding hydrogens is 404 g/mol. The molecule has 0 unspecified atom stereocenters. The van der Waals surface area contributed by atoms with E-state index in [4.69, 9.17) is 9.26 Å². The summed E-state index contributed by atoms with van der Waals surface area (Å²) in [6, 6.07) is 11.2. The zero-order valence-corrected chi connectivity index (χ0v) is 17.0. The lowest BCUT2D eigenvalue weighted by Gasteiger charge is -2.36. The van der Waals surface area contributed by atoms with Gasteiger partial charge in [0.05, 0.1) is 17.0 Å². The van der Waals surface area contributed by atoms with Gasteiger partial charge in [-0.05, 0) is 23.1 Å². The third kappa shape index (κ3) is 3.73. The van der Waals surface area contributed by atoms with Crippen molar-refractivity contribution in [2.24, 2.45) is 0 Å². The lowest BCUT2D eigenvalue weighted by Crippen LogP contribution is -2.52. The number of ether oxygens (including phenoxy) is 1. The molecule has 2 aliphatic rings. The first kappa shape index (κ1) is 19.0. The van der Waals surface area contributed by atoms with Crippen LogP contribution >= 0.6 is 11.3 Å². The third-order valence-corrected chi connectivity index (χ3v) is 6.29. The number of hydrogen-bond donors (Lipinski definition) is 0. The number of nitrogens with zero attached hydrogens (tertiary/aromatic N) is 4. The van der Waals surface area contributed by atoms with Crippen LogP contribution in [-0.2, 0) is 22.5 Å². The van der Waals surface area contributed by atoms with Gasteiger partial charge < -0.3 is 14.2 Å². The molecule has 9 heteroatoms. The number of amides is 1. The predicted octanol–water partition coefficient (Wildman–Crippen LogP) is 2.22. The van der Waals surface area contributed by atoms with Crippen LogP contribution in [0.4, 0.5) is 0 Å². The van der Waals surface area contributed by atoms with Crippen molar-refractivity contribution in [3.05, 3.63) is 58.8 Å². The minimum atomic E-state index is -0.747. The van der Waals surface area contributed by atoms with Crippen LogP contribution in [0.3, 0.4) is 0 Å². The Hall–Kier alpha value is -3.04. The van der Waals surface area contributed by atoms with Crippen molar-refractivity contribution in [1.82, 2.24) is 19.9 Å². The summed E-state index contributed by atoms with van der Waals surface area (Å²) in [6.07, 6.45) is -0.322. The standard InChI is InChI=1S/C21H20N4O4S/c26-20(16-12-14-4-1-2-5-15(14)21(27)28-16)25-9-7-24(8-10-25)13-18-22-19(23-29-18)17-6-3-11-30-17/h1-6,11,16H,7-10,12-13H2/t16-/m1/s1. The van der Waals surface area contributed by atoms with Gasteiger partial charge in [-0.25, -0.2) is 4.79 Å². The summed E-state index contributed by atoms with van der Waals surface area (Å²) >= 11 is 1.57. The van der Waals surface area contributed by atoms with Crippen molar-refractivity contribution < 1.29 is 18.8 Å². The minimum Gasteiger partial charge on any atom is -0.448 e. The van der Waals surface area contributed by atoms with Crippen LogP contribution in [0.1, 0.15) is 21.8 Å². The van der Waals surface area contributed by atoms with Crippen molar-refractivity contribution >= 4 is 23.2 Å². The van der Waals surface area contributed by atoms with E-state index in [2.05, 4.69) is 15.0 Å². The molecule has 1 saturated heterocycles. The lowest BCUT2D eigenvalue weighted by atomic mass is 9.98. The number of hydrogen-bond acceptors (Lipinski definition) is 8. The predicted molar refractivity (Wildman–Crippen MR) is 109 cm³/mol. The molecule has 4 heterocycles. The number of fused-ring (bicyclic) bond motifs is 1. The van der Waals surface area contributed by atoms with E-state index in [9.17, 15) is 9.59 Å². The molecule has 8 nitrogen and oxygen atoms in total. The second kappa shape index (κ2) is 8.00. The van der Waals surface area contributed by atoms with Crippen LogP contribution in [0.5, 0.6) is 0 Å². The van der Waals surface area contributed by atoms with E-state index in [0.29, 0.717) is 56.4 Å². The Kier molecular flexibility index (Phi) is 5.06. The Labute approximate surface area is 177 Å². The summed E-state index contributed by atoms with van der Waals surface area (Å²) in [5.74, 6) is 0.617. The molecule has 0 N–H and O–H groups in total. The Morgan fingerprint density at radius 1 is 1.13 bits per heavy atom. The van der Waals surface area contributed by atoms with E-state index in [0.717, 1.165) is 10.4 Å². The van der Waals surface area contributed by atoms with Crippen LogP contribution in [0.25, 0.3) is 10.7 Å². The molecule has 0 radical (unpaired) electrons. The van der Waals surface area contributed by atoms with Gasteiger partial charge in [0.15, 0.2) is 6.10 Å². The number of aromatic nitrogens is 2. The Morgan fingerprint density at radius 2 is 1.97 bits per heavy atom. The second-order valence-electron chi connectivity index (χ2n) is 7.35. The Morgan fingerprint density at radius 3 is 2.77 bits per heavy atom. The molecule has 2 aromatic heterocycles. The minimum absolute atomic E-state index is 0.129. The van der Waals surface area contributed by atoms with Gasteiger partial charge in [0, 0.05) is 32.6 Å². The van der Waals surface area contributed by atoms with Crippen LogP contribution in [0, 0.1) is 0 Å². The van der Waals surface area contributed by atoms with Gasteiger partial charge in [0.2, 0.25) is 11.7 Å². The molecule has 1 atom stereocenters. The van der Waals surface area contributed by atoms with Gasteiger partial charge in [-0.2, -0.15) is 4.98 Å².